The number of aliphatic hydroxyl groups excluding tert-OH is 2. The minimum Gasteiger partial charge on any atom is -0.396 e. The zero-order chi connectivity index (χ0) is 6.48. The highest BCUT2D eigenvalue weighted by Crippen LogP contribution is 2.74. The molecule has 2 nitrogen and oxygen atoms in total. The molecule has 0 aromatic heterocycles. The summed E-state index contributed by atoms with van der Waals surface area (Å²) in [5.74, 6) is 1.07. The number of aliphatic hydroxyl groups is 2. The highest BCUT2D eigenvalue weighted by molar-refractivity contribution is 5.17. The molecule has 2 aliphatic rings. The smallest absolute Gasteiger partial charge is 0.0464 e. The zero-order valence-electron chi connectivity index (χ0n) is 5.38. The van der Waals surface area contributed by atoms with Crippen LogP contribution in [-0.2, 0) is 0 Å². The van der Waals surface area contributed by atoms with Gasteiger partial charge in [-0.15, -0.1) is 0 Å². The van der Waals surface area contributed by atoms with E-state index >= 15 is 0 Å². The van der Waals surface area contributed by atoms with Crippen LogP contribution < -0.4 is 0 Å². The summed E-state index contributed by atoms with van der Waals surface area (Å²) in [4.78, 5) is 0. The topological polar surface area (TPSA) is 40.5 Å². The van der Waals surface area contributed by atoms with Crippen LogP contribution in [0.3, 0.4) is 0 Å². The fourth-order valence-electron chi connectivity index (χ4n) is 2.04. The van der Waals surface area contributed by atoms with Gasteiger partial charge in [0.15, 0.2) is 0 Å². The lowest BCUT2D eigenvalue weighted by Gasteiger charge is -1.88. The normalized spacial score (nSPS) is 43.3. The maximum absolute atomic E-state index is 8.71. The van der Waals surface area contributed by atoms with E-state index in [0.717, 1.165) is 12.8 Å². The van der Waals surface area contributed by atoms with E-state index in [1.165, 1.54) is 0 Å². The van der Waals surface area contributed by atoms with Gasteiger partial charge in [0, 0.05) is 13.2 Å². The first-order chi connectivity index (χ1) is 4.33. The Morgan fingerprint density at radius 1 is 1.11 bits per heavy atom. The highest BCUT2D eigenvalue weighted by atomic mass is 16.3. The molecule has 52 valence electrons. The van der Waals surface area contributed by atoms with Gasteiger partial charge < -0.3 is 10.2 Å². The predicted octanol–water partition coefficient (Wildman–Crippen LogP) is -0.00280. The Kier molecular flexibility index (Phi) is 0.945. The van der Waals surface area contributed by atoms with Crippen LogP contribution in [0, 0.1) is 17.3 Å². The first-order valence-corrected chi connectivity index (χ1v) is 3.55. The van der Waals surface area contributed by atoms with Gasteiger partial charge in [0.1, 0.15) is 0 Å². The molecule has 0 saturated heterocycles. The van der Waals surface area contributed by atoms with Gasteiger partial charge in [0.2, 0.25) is 0 Å². The maximum atomic E-state index is 8.71. The summed E-state index contributed by atoms with van der Waals surface area (Å²) in [5, 5.41) is 17.4. The number of hydrogen-bond acceptors (Lipinski definition) is 2. The molecule has 2 atom stereocenters. The fourth-order valence-corrected chi connectivity index (χ4v) is 2.04. The Bertz CT molecular complexity index is 117. The van der Waals surface area contributed by atoms with E-state index in [0.29, 0.717) is 30.5 Å². The highest BCUT2D eigenvalue weighted by Gasteiger charge is 2.69. The van der Waals surface area contributed by atoms with Crippen molar-refractivity contribution in [1.29, 1.82) is 0 Å². The molecule has 0 aliphatic heterocycles. The van der Waals surface area contributed by atoms with E-state index < -0.39 is 0 Å². The summed E-state index contributed by atoms with van der Waals surface area (Å²) in [6.07, 6.45) is 2.32. The van der Waals surface area contributed by atoms with Gasteiger partial charge in [0.25, 0.3) is 0 Å². The second kappa shape index (κ2) is 1.50. The Morgan fingerprint density at radius 2 is 1.56 bits per heavy atom. The minimum atomic E-state index is 0.330. The summed E-state index contributed by atoms with van der Waals surface area (Å²) >= 11 is 0. The van der Waals surface area contributed by atoms with E-state index in [4.69, 9.17) is 10.2 Å². The van der Waals surface area contributed by atoms with Gasteiger partial charge in [-0.2, -0.15) is 0 Å². The summed E-state index contributed by atoms with van der Waals surface area (Å²) < 4.78 is 0. The van der Waals surface area contributed by atoms with Gasteiger partial charge in [-0.25, -0.2) is 0 Å². The molecule has 9 heavy (non-hydrogen) atoms. The van der Waals surface area contributed by atoms with Crippen LogP contribution in [0.2, 0.25) is 0 Å². The van der Waals surface area contributed by atoms with Crippen LogP contribution in [0.5, 0.6) is 0 Å². The lowest BCUT2D eigenvalue weighted by molar-refractivity contribution is 0.244. The summed E-state index contributed by atoms with van der Waals surface area (Å²) in [6, 6.07) is 0. The molecule has 2 saturated carbocycles. The van der Waals surface area contributed by atoms with E-state index in [1.807, 2.05) is 0 Å². The van der Waals surface area contributed by atoms with Crippen molar-refractivity contribution in [3.05, 3.63) is 0 Å². The van der Waals surface area contributed by atoms with Gasteiger partial charge in [0.05, 0.1) is 0 Å². The summed E-state index contributed by atoms with van der Waals surface area (Å²) in [6.45, 7) is 0.660. The Balaban J connectivity index is 1.90. The molecule has 0 bridgehead atoms. The molecule has 1 spiro atoms. The number of rotatable bonds is 2. The molecule has 0 unspecified atom stereocenters. The SMILES string of the molecule is OC[C@@H]1CC12C[C@H]2CO. The Labute approximate surface area is 54.5 Å². The van der Waals surface area contributed by atoms with E-state index in [2.05, 4.69) is 0 Å². The van der Waals surface area contributed by atoms with Crippen molar-refractivity contribution in [1.82, 2.24) is 0 Å². The molecule has 2 heteroatoms. The third-order valence-corrected chi connectivity index (χ3v) is 3.00. The van der Waals surface area contributed by atoms with Crippen molar-refractivity contribution < 1.29 is 10.2 Å². The van der Waals surface area contributed by atoms with Gasteiger partial charge >= 0.3 is 0 Å². The molecular formula is C7H12O2. The molecule has 2 aliphatic carbocycles. The zero-order valence-corrected chi connectivity index (χ0v) is 5.38. The standard InChI is InChI=1S/C7H12O2/c8-3-5-1-7(5)2-6(7)4-9/h5-6,8-9H,1-4H2/t5-,6-,7?/m0/s1. The van der Waals surface area contributed by atoms with Crippen LogP contribution in [0.15, 0.2) is 0 Å². The van der Waals surface area contributed by atoms with Gasteiger partial charge in [-0.1, -0.05) is 0 Å². The first-order valence-electron chi connectivity index (χ1n) is 3.55. The Hall–Kier alpha value is -0.0800. The monoisotopic (exact) mass is 128 g/mol. The van der Waals surface area contributed by atoms with Crippen molar-refractivity contribution >= 4 is 0 Å². The van der Waals surface area contributed by atoms with Crippen molar-refractivity contribution in [3.8, 4) is 0 Å². The minimum absolute atomic E-state index is 0.330. The van der Waals surface area contributed by atoms with Gasteiger partial charge in [-0.05, 0) is 30.1 Å². The van der Waals surface area contributed by atoms with E-state index in [1.54, 1.807) is 0 Å². The molecule has 2 fully saturated rings. The summed E-state index contributed by atoms with van der Waals surface area (Å²) in [5.41, 5.74) is 0.434. The van der Waals surface area contributed by atoms with Crippen molar-refractivity contribution in [3.63, 3.8) is 0 Å². The predicted molar refractivity (Wildman–Crippen MR) is 32.8 cm³/mol. The molecule has 0 aromatic rings. The fraction of sp³-hybridized carbons (Fsp3) is 1.00. The molecule has 0 aromatic carbocycles. The van der Waals surface area contributed by atoms with Crippen molar-refractivity contribution in [2.75, 3.05) is 13.2 Å². The molecular weight excluding hydrogens is 116 g/mol. The third kappa shape index (κ3) is 0.578. The molecule has 2 N–H and O–H groups in total. The summed E-state index contributed by atoms with van der Waals surface area (Å²) in [7, 11) is 0. The first kappa shape index (κ1) is 5.69. The van der Waals surface area contributed by atoms with Crippen LogP contribution in [0.25, 0.3) is 0 Å². The van der Waals surface area contributed by atoms with Crippen LogP contribution >= 0.6 is 0 Å². The van der Waals surface area contributed by atoms with Gasteiger partial charge in [-0.3, -0.25) is 0 Å². The Morgan fingerprint density at radius 3 is 1.78 bits per heavy atom. The second-order valence-electron chi connectivity index (χ2n) is 3.40. The van der Waals surface area contributed by atoms with Crippen LogP contribution in [0.1, 0.15) is 12.8 Å². The lowest BCUT2D eigenvalue weighted by Crippen LogP contribution is -1.93. The maximum Gasteiger partial charge on any atom is 0.0464 e. The van der Waals surface area contributed by atoms with Crippen molar-refractivity contribution in [2.24, 2.45) is 17.3 Å². The molecule has 0 amide bonds. The largest absolute Gasteiger partial charge is 0.396 e. The molecule has 0 heterocycles. The second-order valence-corrected chi connectivity index (χ2v) is 3.40. The quantitative estimate of drug-likeness (QED) is 0.549. The van der Waals surface area contributed by atoms with E-state index in [9.17, 15) is 0 Å². The van der Waals surface area contributed by atoms with Crippen LogP contribution in [0.4, 0.5) is 0 Å². The average Bonchev–Trinajstić information content (AvgIpc) is 2.74. The molecule has 2 rings (SSSR count). The lowest BCUT2D eigenvalue weighted by atomic mass is 10.2. The molecule has 0 radical (unpaired) electrons. The number of hydrogen-bond donors (Lipinski definition) is 2. The van der Waals surface area contributed by atoms with Crippen LogP contribution in [-0.4, -0.2) is 23.4 Å². The average molecular weight is 128 g/mol. The van der Waals surface area contributed by atoms with Crippen molar-refractivity contribution in [2.45, 2.75) is 12.8 Å². The third-order valence-electron chi connectivity index (χ3n) is 3.00. The van der Waals surface area contributed by atoms with E-state index in [-0.39, 0.29) is 0 Å².